The minimum absolute atomic E-state index is 0.0360. The van der Waals surface area contributed by atoms with E-state index in [1.54, 1.807) is 0 Å². The fourth-order valence-electron chi connectivity index (χ4n) is 2.08. The Morgan fingerprint density at radius 3 is 2.27 bits per heavy atom. The van der Waals surface area contributed by atoms with E-state index in [9.17, 15) is 29.8 Å². The summed E-state index contributed by atoms with van der Waals surface area (Å²) in [6.07, 6.45) is 0. The van der Waals surface area contributed by atoms with Crippen LogP contribution >= 0.6 is 0 Å². The first-order valence-corrected chi connectivity index (χ1v) is 6.99. The molecule has 0 bridgehead atoms. The molecule has 11 nitrogen and oxygen atoms in total. The van der Waals surface area contributed by atoms with Crippen molar-refractivity contribution in [1.29, 1.82) is 0 Å². The molecule has 0 atom stereocenters. The summed E-state index contributed by atoms with van der Waals surface area (Å²) in [6, 6.07) is 6.69. The number of primary amides is 1. The minimum atomic E-state index is -0.911. The minimum Gasteiger partial charge on any atom is -0.457 e. The molecule has 0 heterocycles. The maximum Gasteiger partial charge on any atom is 0.340 e. The molecule has 26 heavy (non-hydrogen) atoms. The molecule has 0 aliphatic heterocycles. The number of nitrogens with zero attached hydrogens (tertiary/aromatic N) is 2. The van der Waals surface area contributed by atoms with Crippen LogP contribution in [0.1, 0.15) is 26.3 Å². The molecule has 0 saturated heterocycles. The SMILES string of the molecule is NC(=O)c1ccc(COC(=O)c2ccc([N+](=O)[O-])cc2N)c([N+](=O)[O-])c1. The van der Waals surface area contributed by atoms with Crippen molar-refractivity contribution in [3.63, 3.8) is 0 Å². The van der Waals surface area contributed by atoms with Crippen LogP contribution in [0.5, 0.6) is 0 Å². The maximum absolute atomic E-state index is 12.1. The van der Waals surface area contributed by atoms with Crippen LogP contribution in [0.2, 0.25) is 0 Å². The normalized spacial score (nSPS) is 10.2. The molecule has 4 N–H and O–H groups in total. The molecule has 0 aliphatic carbocycles. The quantitative estimate of drug-likeness (QED) is 0.336. The van der Waals surface area contributed by atoms with Gasteiger partial charge in [0, 0.05) is 23.8 Å². The fraction of sp³-hybridized carbons (Fsp3) is 0.0667. The van der Waals surface area contributed by atoms with Gasteiger partial charge >= 0.3 is 5.97 Å². The number of nitro benzene ring substituents is 2. The highest BCUT2D eigenvalue weighted by Gasteiger charge is 2.20. The highest BCUT2D eigenvalue weighted by atomic mass is 16.6. The number of carbonyl (C=O) groups excluding carboxylic acids is 2. The first-order valence-electron chi connectivity index (χ1n) is 6.99. The molecule has 0 radical (unpaired) electrons. The van der Waals surface area contributed by atoms with Crippen molar-refractivity contribution in [1.82, 2.24) is 0 Å². The zero-order valence-electron chi connectivity index (χ0n) is 13.1. The van der Waals surface area contributed by atoms with Crippen molar-refractivity contribution in [2.24, 2.45) is 5.73 Å². The summed E-state index contributed by atoms with van der Waals surface area (Å²) < 4.78 is 4.98. The Balaban J connectivity index is 2.21. The lowest BCUT2D eigenvalue weighted by atomic mass is 10.1. The number of ether oxygens (including phenoxy) is 1. The molecule has 0 fully saturated rings. The number of nitrogens with two attached hydrogens (primary N) is 2. The lowest BCUT2D eigenvalue weighted by Gasteiger charge is -2.08. The largest absolute Gasteiger partial charge is 0.457 e. The highest BCUT2D eigenvalue weighted by Crippen LogP contribution is 2.24. The van der Waals surface area contributed by atoms with Crippen LogP contribution in [0.15, 0.2) is 36.4 Å². The number of esters is 1. The smallest absolute Gasteiger partial charge is 0.340 e. The highest BCUT2D eigenvalue weighted by molar-refractivity contribution is 5.95. The van der Waals surface area contributed by atoms with Gasteiger partial charge in [0.15, 0.2) is 0 Å². The second kappa shape index (κ2) is 7.25. The monoisotopic (exact) mass is 360 g/mol. The van der Waals surface area contributed by atoms with Crippen molar-refractivity contribution < 1.29 is 24.2 Å². The van der Waals surface area contributed by atoms with E-state index in [1.165, 1.54) is 12.1 Å². The van der Waals surface area contributed by atoms with Gasteiger partial charge in [-0.1, -0.05) is 0 Å². The molecule has 0 aromatic heterocycles. The predicted molar refractivity (Wildman–Crippen MR) is 88.2 cm³/mol. The summed E-state index contributed by atoms with van der Waals surface area (Å²) >= 11 is 0. The Morgan fingerprint density at radius 1 is 1.04 bits per heavy atom. The van der Waals surface area contributed by atoms with Crippen LogP contribution in [0.4, 0.5) is 17.1 Å². The van der Waals surface area contributed by atoms with Crippen LogP contribution < -0.4 is 11.5 Å². The number of hydrogen-bond donors (Lipinski definition) is 2. The molecule has 0 aliphatic rings. The second-order valence-electron chi connectivity index (χ2n) is 5.07. The van der Waals surface area contributed by atoms with E-state index in [0.29, 0.717) is 0 Å². The molecule has 2 aromatic carbocycles. The Bertz CT molecular complexity index is 926. The first kappa shape index (κ1) is 18.3. The maximum atomic E-state index is 12.1. The van der Waals surface area contributed by atoms with Crippen molar-refractivity contribution in [3.05, 3.63) is 73.3 Å². The second-order valence-corrected chi connectivity index (χ2v) is 5.07. The third kappa shape index (κ3) is 3.90. The Hall–Kier alpha value is -4.02. The van der Waals surface area contributed by atoms with Gasteiger partial charge < -0.3 is 16.2 Å². The van der Waals surface area contributed by atoms with Gasteiger partial charge in [0.25, 0.3) is 11.4 Å². The molecule has 0 spiro atoms. The van der Waals surface area contributed by atoms with Gasteiger partial charge in [0.05, 0.1) is 26.7 Å². The van der Waals surface area contributed by atoms with E-state index in [1.807, 2.05) is 0 Å². The Labute approximate surface area is 145 Å². The molecule has 0 unspecified atom stereocenters. The molecule has 1 amide bonds. The van der Waals surface area contributed by atoms with E-state index in [4.69, 9.17) is 16.2 Å². The van der Waals surface area contributed by atoms with Crippen molar-refractivity contribution in [2.75, 3.05) is 5.73 Å². The van der Waals surface area contributed by atoms with Crippen LogP contribution in [-0.4, -0.2) is 21.7 Å². The van der Waals surface area contributed by atoms with Gasteiger partial charge in [0.2, 0.25) is 5.91 Å². The van der Waals surface area contributed by atoms with E-state index in [2.05, 4.69) is 0 Å². The lowest BCUT2D eigenvalue weighted by molar-refractivity contribution is -0.385. The summed E-state index contributed by atoms with van der Waals surface area (Å²) in [5, 5.41) is 21.8. The summed E-state index contributed by atoms with van der Waals surface area (Å²) in [4.78, 5) is 43.5. The number of amides is 1. The zero-order chi connectivity index (χ0) is 19.4. The fourth-order valence-corrected chi connectivity index (χ4v) is 2.08. The molecular weight excluding hydrogens is 348 g/mol. The van der Waals surface area contributed by atoms with E-state index in [0.717, 1.165) is 24.3 Å². The zero-order valence-corrected chi connectivity index (χ0v) is 13.1. The number of rotatable bonds is 6. The Morgan fingerprint density at radius 2 is 1.73 bits per heavy atom. The predicted octanol–water partition coefficient (Wildman–Crippen LogP) is 1.54. The number of non-ortho nitro benzene ring substituents is 1. The van der Waals surface area contributed by atoms with Crippen LogP contribution in [0.25, 0.3) is 0 Å². The molecule has 11 heteroatoms. The lowest BCUT2D eigenvalue weighted by Crippen LogP contribution is -2.13. The van der Waals surface area contributed by atoms with Crippen molar-refractivity contribution in [2.45, 2.75) is 6.61 Å². The molecule has 134 valence electrons. The van der Waals surface area contributed by atoms with E-state index >= 15 is 0 Å². The number of hydrogen-bond acceptors (Lipinski definition) is 8. The summed E-state index contributed by atoms with van der Waals surface area (Å²) in [5.41, 5.74) is 9.62. The van der Waals surface area contributed by atoms with Crippen LogP contribution in [0.3, 0.4) is 0 Å². The van der Waals surface area contributed by atoms with Gasteiger partial charge in [-0.3, -0.25) is 25.0 Å². The molecule has 2 aromatic rings. The van der Waals surface area contributed by atoms with Gasteiger partial charge in [-0.2, -0.15) is 0 Å². The van der Waals surface area contributed by atoms with Gasteiger partial charge in [-0.05, 0) is 18.2 Å². The standard InChI is InChI=1S/C15H12N4O7/c16-12-6-10(18(22)23)3-4-11(12)15(21)26-7-9-2-1-8(14(17)20)5-13(9)19(24)25/h1-6H,7,16H2,(H2,17,20). The number of anilines is 1. The molecule has 0 saturated carbocycles. The third-order valence-electron chi connectivity index (χ3n) is 3.39. The average Bonchev–Trinajstić information content (AvgIpc) is 2.59. The summed E-state index contributed by atoms with van der Waals surface area (Å²) in [7, 11) is 0. The number of benzene rings is 2. The van der Waals surface area contributed by atoms with E-state index in [-0.39, 0.29) is 28.1 Å². The van der Waals surface area contributed by atoms with Gasteiger partial charge in [0.1, 0.15) is 6.61 Å². The van der Waals surface area contributed by atoms with Crippen LogP contribution in [0, 0.1) is 20.2 Å². The topological polar surface area (TPSA) is 182 Å². The van der Waals surface area contributed by atoms with Gasteiger partial charge in [-0.25, -0.2) is 4.79 Å². The van der Waals surface area contributed by atoms with Gasteiger partial charge in [-0.15, -0.1) is 0 Å². The van der Waals surface area contributed by atoms with Crippen molar-refractivity contribution >= 4 is 28.9 Å². The number of carbonyl (C=O) groups is 2. The Kier molecular flexibility index (Phi) is 5.11. The van der Waals surface area contributed by atoms with E-state index < -0.39 is 34.0 Å². The third-order valence-corrected chi connectivity index (χ3v) is 3.39. The summed E-state index contributed by atoms with van der Waals surface area (Å²) in [5.74, 6) is -1.75. The first-order chi connectivity index (χ1) is 12.2. The number of nitrogen functional groups attached to an aromatic ring is 1. The van der Waals surface area contributed by atoms with Crippen molar-refractivity contribution in [3.8, 4) is 0 Å². The molecule has 2 rings (SSSR count). The summed E-state index contributed by atoms with van der Waals surface area (Å²) in [6.45, 7) is -0.468. The van der Waals surface area contributed by atoms with Crippen LogP contribution in [-0.2, 0) is 11.3 Å². The average molecular weight is 360 g/mol. The number of nitro groups is 2. The molecular formula is C15H12N4O7.